The van der Waals surface area contributed by atoms with Gasteiger partial charge in [0.05, 0.1) is 11.4 Å². The molecule has 0 saturated carbocycles. The molecule has 0 bridgehead atoms. The van der Waals surface area contributed by atoms with Crippen molar-refractivity contribution in [2.24, 2.45) is 0 Å². The summed E-state index contributed by atoms with van der Waals surface area (Å²) in [4.78, 5) is 11.6. The Morgan fingerprint density at radius 3 is 2.43 bits per heavy atom. The van der Waals surface area contributed by atoms with Crippen LogP contribution in [0.5, 0.6) is 0 Å². The summed E-state index contributed by atoms with van der Waals surface area (Å²) < 4.78 is 1.50. The summed E-state index contributed by atoms with van der Waals surface area (Å²) in [6.45, 7) is 4.04. The Morgan fingerprint density at radius 1 is 1.13 bits per heavy atom. The Bertz CT molecular complexity index is 848. The summed E-state index contributed by atoms with van der Waals surface area (Å²) >= 11 is 0. The molecule has 1 aromatic heterocycles. The predicted molar refractivity (Wildman–Crippen MR) is 90.1 cm³/mol. The molecule has 2 aromatic carbocycles. The van der Waals surface area contributed by atoms with Gasteiger partial charge in [-0.1, -0.05) is 49.4 Å². The molecule has 116 valence electrons. The minimum absolute atomic E-state index is 0.161. The van der Waals surface area contributed by atoms with E-state index in [1.807, 2.05) is 55.5 Å². The number of hydrogen-bond donors (Lipinski definition) is 1. The van der Waals surface area contributed by atoms with E-state index in [9.17, 15) is 9.90 Å². The quantitative estimate of drug-likeness (QED) is 0.789. The van der Waals surface area contributed by atoms with Gasteiger partial charge < -0.3 is 5.11 Å². The fraction of sp³-hybridized carbons (Fsp3) is 0.158. The number of benzene rings is 2. The van der Waals surface area contributed by atoms with E-state index in [0.717, 1.165) is 23.2 Å². The summed E-state index contributed by atoms with van der Waals surface area (Å²) in [6.07, 6.45) is 0.971. The minimum Gasteiger partial charge on any atom is -0.477 e. The van der Waals surface area contributed by atoms with Gasteiger partial charge in [-0.2, -0.15) is 5.10 Å². The van der Waals surface area contributed by atoms with Crippen molar-refractivity contribution in [1.29, 1.82) is 0 Å². The molecular weight excluding hydrogens is 288 g/mol. The van der Waals surface area contributed by atoms with Gasteiger partial charge >= 0.3 is 5.97 Å². The zero-order valence-electron chi connectivity index (χ0n) is 13.2. The topological polar surface area (TPSA) is 55.1 Å². The number of hydrogen-bond acceptors (Lipinski definition) is 2. The highest BCUT2D eigenvalue weighted by atomic mass is 16.4. The van der Waals surface area contributed by atoms with E-state index in [1.54, 1.807) is 6.07 Å². The van der Waals surface area contributed by atoms with Crippen LogP contribution in [-0.2, 0) is 6.42 Å². The lowest BCUT2D eigenvalue weighted by atomic mass is 10.1. The third-order valence-electron chi connectivity index (χ3n) is 3.93. The zero-order valence-corrected chi connectivity index (χ0v) is 13.2. The van der Waals surface area contributed by atoms with Crippen molar-refractivity contribution in [3.63, 3.8) is 0 Å². The van der Waals surface area contributed by atoms with Crippen LogP contribution < -0.4 is 0 Å². The number of rotatable bonds is 4. The molecule has 0 fully saturated rings. The Morgan fingerprint density at radius 2 is 1.83 bits per heavy atom. The molecule has 0 aliphatic rings. The van der Waals surface area contributed by atoms with Gasteiger partial charge in [-0.3, -0.25) is 0 Å². The molecule has 1 heterocycles. The highest BCUT2D eigenvalue weighted by Gasteiger charge is 2.17. The Kier molecular flexibility index (Phi) is 3.98. The number of aromatic carboxylic acids is 1. The van der Waals surface area contributed by atoms with Gasteiger partial charge in [-0.25, -0.2) is 9.48 Å². The van der Waals surface area contributed by atoms with Crippen molar-refractivity contribution < 1.29 is 9.90 Å². The molecule has 0 atom stereocenters. The summed E-state index contributed by atoms with van der Waals surface area (Å²) in [5.74, 6) is -0.989. The molecule has 0 amide bonds. The van der Waals surface area contributed by atoms with E-state index in [-0.39, 0.29) is 5.69 Å². The van der Waals surface area contributed by atoms with Crippen LogP contribution in [0, 0.1) is 6.92 Å². The first kappa shape index (κ1) is 15.0. The van der Waals surface area contributed by atoms with Crippen molar-refractivity contribution in [3.05, 3.63) is 71.4 Å². The van der Waals surface area contributed by atoms with Crippen LogP contribution >= 0.6 is 0 Å². The van der Waals surface area contributed by atoms with Crippen LogP contribution in [-0.4, -0.2) is 20.9 Å². The summed E-state index contributed by atoms with van der Waals surface area (Å²) in [5.41, 5.74) is 4.73. The van der Waals surface area contributed by atoms with Crippen LogP contribution in [0.2, 0.25) is 0 Å². The van der Waals surface area contributed by atoms with Gasteiger partial charge in [0.25, 0.3) is 0 Å². The lowest BCUT2D eigenvalue weighted by molar-refractivity contribution is 0.0687. The summed E-state index contributed by atoms with van der Waals surface area (Å²) in [6, 6.07) is 17.3. The van der Waals surface area contributed by atoms with E-state index in [2.05, 4.69) is 12.0 Å². The van der Waals surface area contributed by atoms with Crippen molar-refractivity contribution in [2.45, 2.75) is 20.3 Å². The van der Waals surface area contributed by atoms with Gasteiger partial charge in [-0.15, -0.1) is 0 Å². The molecule has 3 rings (SSSR count). The van der Waals surface area contributed by atoms with E-state index in [1.165, 1.54) is 10.2 Å². The Labute approximate surface area is 135 Å². The number of carbonyl (C=O) groups is 1. The number of carboxylic acid groups (broad SMARTS) is 1. The second-order valence-electron chi connectivity index (χ2n) is 5.47. The molecule has 3 aromatic rings. The van der Waals surface area contributed by atoms with Crippen LogP contribution in [0.1, 0.15) is 28.5 Å². The van der Waals surface area contributed by atoms with Gasteiger partial charge in [0.15, 0.2) is 5.69 Å². The minimum atomic E-state index is -0.989. The number of nitrogens with zero attached hydrogens (tertiary/aromatic N) is 2. The number of carboxylic acids is 1. The van der Waals surface area contributed by atoms with Crippen LogP contribution in [0.3, 0.4) is 0 Å². The van der Waals surface area contributed by atoms with E-state index in [0.29, 0.717) is 5.69 Å². The first-order valence-electron chi connectivity index (χ1n) is 7.59. The largest absolute Gasteiger partial charge is 0.477 e. The average Bonchev–Trinajstić information content (AvgIpc) is 3.01. The normalized spacial score (nSPS) is 10.7. The van der Waals surface area contributed by atoms with Gasteiger partial charge in [0.1, 0.15) is 0 Å². The number of para-hydroxylation sites is 1. The lowest BCUT2D eigenvalue weighted by Gasteiger charge is -2.07. The Hall–Kier alpha value is -2.88. The molecule has 0 aliphatic carbocycles. The van der Waals surface area contributed by atoms with Gasteiger partial charge in [0, 0.05) is 5.56 Å². The Balaban J connectivity index is 2.12. The van der Waals surface area contributed by atoms with Crippen molar-refractivity contribution in [2.75, 3.05) is 0 Å². The van der Waals surface area contributed by atoms with E-state index in [4.69, 9.17) is 0 Å². The van der Waals surface area contributed by atoms with Gasteiger partial charge in [0.2, 0.25) is 0 Å². The molecule has 4 nitrogen and oxygen atoms in total. The van der Waals surface area contributed by atoms with Crippen LogP contribution in [0.15, 0.2) is 54.6 Å². The van der Waals surface area contributed by atoms with Crippen molar-refractivity contribution in [1.82, 2.24) is 9.78 Å². The molecule has 4 heteroatoms. The van der Waals surface area contributed by atoms with Gasteiger partial charge in [-0.05, 0) is 36.6 Å². The van der Waals surface area contributed by atoms with Crippen LogP contribution in [0.4, 0.5) is 0 Å². The highest BCUT2D eigenvalue weighted by molar-refractivity contribution is 5.88. The molecule has 0 aliphatic heterocycles. The molecule has 0 saturated heterocycles. The SMILES string of the molecule is CCc1ccc(-c2cc(C(=O)O)n(-c3ccccc3C)n2)cc1. The van der Waals surface area contributed by atoms with Crippen molar-refractivity contribution in [3.8, 4) is 16.9 Å². The fourth-order valence-electron chi connectivity index (χ4n) is 2.57. The molecule has 1 N–H and O–H groups in total. The zero-order chi connectivity index (χ0) is 16.4. The van der Waals surface area contributed by atoms with E-state index < -0.39 is 5.97 Å². The average molecular weight is 306 g/mol. The summed E-state index contributed by atoms with van der Waals surface area (Å²) in [7, 11) is 0. The molecular formula is C19H18N2O2. The first-order chi connectivity index (χ1) is 11.1. The molecule has 0 spiro atoms. The first-order valence-corrected chi connectivity index (χ1v) is 7.59. The molecule has 0 unspecified atom stereocenters. The third-order valence-corrected chi connectivity index (χ3v) is 3.93. The smallest absolute Gasteiger partial charge is 0.354 e. The highest BCUT2D eigenvalue weighted by Crippen LogP contribution is 2.23. The molecule has 0 radical (unpaired) electrons. The third kappa shape index (κ3) is 2.88. The standard InChI is InChI=1S/C19H18N2O2/c1-3-14-8-10-15(11-9-14)16-12-18(19(22)23)21(20-16)17-7-5-4-6-13(17)2/h4-12H,3H2,1-2H3,(H,22,23). The second kappa shape index (κ2) is 6.08. The maximum absolute atomic E-state index is 11.6. The lowest BCUT2D eigenvalue weighted by Crippen LogP contribution is -2.08. The summed E-state index contributed by atoms with van der Waals surface area (Å²) in [5, 5.41) is 14.0. The predicted octanol–water partition coefficient (Wildman–Crippen LogP) is 4.11. The maximum atomic E-state index is 11.6. The number of aryl methyl sites for hydroxylation is 2. The van der Waals surface area contributed by atoms with E-state index >= 15 is 0 Å². The molecule has 23 heavy (non-hydrogen) atoms. The van der Waals surface area contributed by atoms with Crippen molar-refractivity contribution >= 4 is 5.97 Å². The van der Waals surface area contributed by atoms with Crippen LogP contribution in [0.25, 0.3) is 16.9 Å². The second-order valence-corrected chi connectivity index (χ2v) is 5.47. The maximum Gasteiger partial charge on any atom is 0.354 e. The number of aromatic nitrogens is 2. The monoisotopic (exact) mass is 306 g/mol. The fourth-order valence-corrected chi connectivity index (χ4v) is 2.57.